The molecular formula is C36H43ClFN5O8S. The molecule has 4 heterocycles. The molecule has 2 amide bonds. The summed E-state index contributed by atoms with van der Waals surface area (Å²) in [4.78, 5) is 46.3. The van der Waals surface area contributed by atoms with E-state index in [1.807, 2.05) is 17.7 Å². The molecule has 1 aromatic heterocycles. The van der Waals surface area contributed by atoms with E-state index in [-0.39, 0.29) is 60.0 Å². The molecule has 52 heavy (non-hydrogen) atoms. The van der Waals surface area contributed by atoms with Gasteiger partial charge in [-0.3, -0.25) is 14.5 Å². The Morgan fingerprint density at radius 2 is 1.87 bits per heavy atom. The summed E-state index contributed by atoms with van der Waals surface area (Å²) < 4.78 is 61.6. The Morgan fingerprint density at radius 3 is 2.54 bits per heavy atom. The van der Waals surface area contributed by atoms with Gasteiger partial charge in [0, 0.05) is 63.0 Å². The highest BCUT2D eigenvalue weighted by molar-refractivity contribution is 7.87. The number of nitrogens with zero attached hydrogens (tertiary/aromatic N) is 4. The van der Waals surface area contributed by atoms with Gasteiger partial charge in [0.1, 0.15) is 17.1 Å². The number of halogens is 2. The van der Waals surface area contributed by atoms with Crippen LogP contribution in [-0.2, 0) is 27.9 Å². The molecule has 1 atom stereocenters. The lowest BCUT2D eigenvalue weighted by Gasteiger charge is -2.54. The number of methoxy groups -OCH3 is 1. The molecule has 0 radical (unpaired) electrons. The van der Waals surface area contributed by atoms with Gasteiger partial charge in [0.05, 0.1) is 47.5 Å². The summed E-state index contributed by atoms with van der Waals surface area (Å²) in [7, 11) is -0.410. The Morgan fingerprint density at radius 1 is 1.12 bits per heavy atom. The van der Waals surface area contributed by atoms with E-state index in [4.69, 9.17) is 25.5 Å². The van der Waals surface area contributed by atoms with Gasteiger partial charge in [-0.1, -0.05) is 18.0 Å². The lowest BCUT2D eigenvalue weighted by Crippen LogP contribution is -2.63. The third-order valence-electron chi connectivity index (χ3n) is 11.1. The highest BCUT2D eigenvalue weighted by atomic mass is 35.5. The second kappa shape index (κ2) is 13.9. The van der Waals surface area contributed by atoms with Crippen LogP contribution in [0.4, 0.5) is 10.1 Å². The number of hydrogen-bond donors (Lipinski definition) is 1. The smallest absolute Gasteiger partial charge is 0.341 e. The lowest BCUT2D eigenvalue weighted by molar-refractivity contribution is -0.00859. The normalized spacial score (nSPS) is 20.4. The van der Waals surface area contributed by atoms with E-state index in [1.165, 1.54) is 9.21 Å². The van der Waals surface area contributed by atoms with Crippen molar-refractivity contribution in [3.63, 3.8) is 0 Å². The number of benzene rings is 2. The Kier molecular flexibility index (Phi) is 9.78. The van der Waals surface area contributed by atoms with Crippen molar-refractivity contribution in [3.05, 3.63) is 67.3 Å². The molecule has 280 valence electrons. The predicted octanol–water partition coefficient (Wildman–Crippen LogP) is 3.72. The summed E-state index contributed by atoms with van der Waals surface area (Å²) in [5.41, 5.74) is 1.64. The van der Waals surface area contributed by atoms with Gasteiger partial charge in [0.25, 0.3) is 11.8 Å². The zero-order valence-corrected chi connectivity index (χ0v) is 31.3. The van der Waals surface area contributed by atoms with Crippen molar-refractivity contribution in [2.75, 3.05) is 71.5 Å². The number of hydrogen-bond acceptors (Lipinski definition) is 10. The number of amides is 2. The lowest BCUT2D eigenvalue weighted by atomic mass is 9.65. The third-order valence-corrected chi connectivity index (χ3v) is 12.8. The van der Waals surface area contributed by atoms with Crippen LogP contribution >= 0.6 is 11.6 Å². The summed E-state index contributed by atoms with van der Waals surface area (Å²) in [6.45, 7) is 7.16. The molecule has 13 nitrogen and oxygen atoms in total. The van der Waals surface area contributed by atoms with Crippen LogP contribution in [0, 0.1) is 18.2 Å². The molecule has 2 saturated heterocycles. The fourth-order valence-corrected chi connectivity index (χ4v) is 9.65. The highest BCUT2D eigenvalue weighted by Gasteiger charge is 2.51. The predicted molar refractivity (Wildman–Crippen MR) is 193 cm³/mol. The Balaban J connectivity index is 1.13. The average Bonchev–Trinajstić information content (AvgIpc) is 3.06. The number of ether oxygens (including phenoxy) is 2. The monoisotopic (exact) mass is 759 g/mol. The molecule has 1 spiro atoms. The molecule has 1 N–H and O–H groups in total. The van der Waals surface area contributed by atoms with E-state index in [2.05, 4.69) is 16.8 Å². The summed E-state index contributed by atoms with van der Waals surface area (Å²) >= 11 is 6.92. The van der Waals surface area contributed by atoms with Gasteiger partial charge in [-0.25, -0.2) is 13.9 Å². The SMILES string of the molecule is CCOc1cc(C(=O)N2CCc3c(c(=O)oc4c(C)c(N5CCN(C)C(COC)C5)cc(Cl)c34)C2)c(F)cc1C(=O)NS(=O)(=O)N1CC2(CCC2)C1. The van der Waals surface area contributed by atoms with E-state index in [0.717, 1.165) is 55.7 Å². The highest BCUT2D eigenvalue weighted by Crippen LogP contribution is 2.49. The largest absolute Gasteiger partial charge is 0.493 e. The van der Waals surface area contributed by atoms with Gasteiger partial charge in [0.15, 0.2) is 0 Å². The second-order valence-electron chi connectivity index (χ2n) is 14.4. The van der Waals surface area contributed by atoms with E-state index in [1.54, 1.807) is 14.0 Å². The van der Waals surface area contributed by atoms with Crippen LogP contribution in [-0.4, -0.2) is 107 Å². The number of carbonyl (C=O) groups excluding carboxylic acids is 2. The number of likely N-dealkylation sites (N-methyl/N-ethyl adjacent to an activating group) is 1. The maximum Gasteiger partial charge on any atom is 0.341 e. The van der Waals surface area contributed by atoms with Crippen molar-refractivity contribution in [1.29, 1.82) is 0 Å². The van der Waals surface area contributed by atoms with Gasteiger partial charge >= 0.3 is 15.8 Å². The summed E-state index contributed by atoms with van der Waals surface area (Å²) in [6.07, 6.45) is 3.23. The van der Waals surface area contributed by atoms with Crippen molar-refractivity contribution in [1.82, 2.24) is 18.8 Å². The standard InChI is InChI=1S/C36H43ClFN5O8S/c1-5-50-30-14-24(28(38)13-25(30)33(44)39-52(47,48)43-19-36(20-43)8-6-9-36)34(45)42-10-7-23-26(17-42)35(46)51-32-21(2)29(15-27(37)31(23)32)41-12-11-40(3)22(16-41)18-49-4/h13-15,22H,5-12,16-20H2,1-4H3,(H,39,44). The van der Waals surface area contributed by atoms with Crippen LogP contribution < -0.4 is 20.0 Å². The Labute approximate surface area is 306 Å². The quantitative estimate of drug-likeness (QED) is 0.321. The van der Waals surface area contributed by atoms with Crippen molar-refractivity contribution >= 4 is 50.3 Å². The van der Waals surface area contributed by atoms with Gasteiger partial charge in [-0.2, -0.15) is 12.7 Å². The summed E-state index contributed by atoms with van der Waals surface area (Å²) in [6, 6.07) is 3.99. The van der Waals surface area contributed by atoms with Crippen LogP contribution in [0.5, 0.6) is 5.75 Å². The Bertz CT molecular complexity index is 2120. The minimum absolute atomic E-state index is 0.000544. The zero-order chi connectivity index (χ0) is 37.1. The summed E-state index contributed by atoms with van der Waals surface area (Å²) in [5.74, 6) is -2.97. The first-order chi connectivity index (χ1) is 24.8. The number of carbonyl (C=O) groups is 2. The number of piperazine rings is 1. The zero-order valence-electron chi connectivity index (χ0n) is 29.7. The molecule has 3 fully saturated rings. The first kappa shape index (κ1) is 36.6. The average molecular weight is 760 g/mol. The fraction of sp³-hybridized carbons (Fsp3) is 0.528. The second-order valence-corrected chi connectivity index (χ2v) is 16.5. The van der Waals surface area contributed by atoms with Crippen LogP contribution in [0.25, 0.3) is 11.0 Å². The molecule has 3 aliphatic heterocycles. The molecule has 0 bridgehead atoms. The molecule has 1 saturated carbocycles. The van der Waals surface area contributed by atoms with Crippen molar-refractivity contribution < 1.29 is 36.3 Å². The van der Waals surface area contributed by atoms with Crippen molar-refractivity contribution in [2.45, 2.75) is 52.1 Å². The molecule has 3 aromatic rings. The number of nitrogens with one attached hydrogen (secondary N) is 1. The summed E-state index contributed by atoms with van der Waals surface area (Å²) in [5, 5.41) is 1.04. The van der Waals surface area contributed by atoms with Crippen LogP contribution in [0.1, 0.15) is 63.6 Å². The van der Waals surface area contributed by atoms with E-state index >= 15 is 4.39 Å². The Hall–Kier alpha value is -3.76. The number of aryl methyl sites for hydroxylation is 1. The topological polar surface area (TPSA) is 142 Å². The van der Waals surface area contributed by atoms with Crippen LogP contribution in [0.3, 0.4) is 0 Å². The maximum atomic E-state index is 15.7. The van der Waals surface area contributed by atoms with Crippen molar-refractivity contribution in [3.8, 4) is 5.75 Å². The fourth-order valence-electron chi connectivity index (χ4n) is 7.98. The number of anilines is 1. The van der Waals surface area contributed by atoms with Crippen LogP contribution in [0.15, 0.2) is 27.4 Å². The molecule has 7 rings (SSSR count). The van der Waals surface area contributed by atoms with E-state index in [0.29, 0.717) is 47.8 Å². The molecule has 16 heteroatoms. The third kappa shape index (κ3) is 6.44. The van der Waals surface area contributed by atoms with E-state index in [9.17, 15) is 22.8 Å². The van der Waals surface area contributed by atoms with Gasteiger partial charge in [-0.05, 0) is 69.3 Å². The first-order valence-corrected chi connectivity index (χ1v) is 19.4. The minimum atomic E-state index is -4.15. The molecule has 1 unspecified atom stereocenters. The molecular weight excluding hydrogens is 717 g/mol. The van der Waals surface area contributed by atoms with Crippen molar-refractivity contribution in [2.24, 2.45) is 5.41 Å². The molecule has 2 aromatic carbocycles. The van der Waals surface area contributed by atoms with Crippen LogP contribution in [0.2, 0.25) is 5.02 Å². The number of rotatable bonds is 9. The molecule has 4 aliphatic rings. The maximum absolute atomic E-state index is 15.7. The van der Waals surface area contributed by atoms with E-state index < -0.39 is 33.5 Å². The minimum Gasteiger partial charge on any atom is -0.493 e. The molecule has 1 aliphatic carbocycles. The number of fused-ring (bicyclic) bond motifs is 3. The van der Waals surface area contributed by atoms with Gasteiger partial charge < -0.3 is 23.7 Å². The van der Waals surface area contributed by atoms with Gasteiger partial charge in [-0.15, -0.1) is 0 Å². The van der Waals surface area contributed by atoms with Gasteiger partial charge in [0.2, 0.25) is 0 Å². The first-order valence-electron chi connectivity index (χ1n) is 17.6.